The Morgan fingerprint density at radius 3 is 2.75 bits per heavy atom. The normalized spacial score (nSPS) is 18.0. The lowest BCUT2D eigenvalue weighted by Gasteiger charge is -2.37. The van der Waals surface area contributed by atoms with Crippen molar-refractivity contribution in [3.8, 4) is 5.75 Å². The van der Waals surface area contributed by atoms with Crippen LogP contribution < -0.4 is 9.64 Å². The number of anilines is 1. The second-order valence-corrected chi connectivity index (χ2v) is 4.44. The fourth-order valence-electron chi connectivity index (χ4n) is 1.85. The summed E-state index contributed by atoms with van der Waals surface area (Å²) in [5, 5.41) is 9.05. The number of aliphatic hydroxyl groups is 1. The van der Waals surface area contributed by atoms with Gasteiger partial charge in [0.15, 0.2) is 5.60 Å². The lowest BCUT2D eigenvalue weighted by molar-refractivity contribution is -0.132. The summed E-state index contributed by atoms with van der Waals surface area (Å²) in [5.74, 6) is 0.565. The number of rotatable bonds is 1. The van der Waals surface area contributed by atoms with Crippen molar-refractivity contribution in [1.29, 1.82) is 0 Å². The molecule has 0 aliphatic carbocycles. The molecule has 4 nitrogen and oxygen atoms in total. The van der Waals surface area contributed by atoms with Crippen LogP contribution in [0.4, 0.5) is 5.69 Å². The fourth-order valence-corrected chi connectivity index (χ4v) is 1.85. The number of aliphatic hydroxyl groups excluding tert-OH is 1. The van der Waals surface area contributed by atoms with Crippen molar-refractivity contribution in [1.82, 2.24) is 0 Å². The number of hydrogen-bond acceptors (Lipinski definition) is 3. The van der Waals surface area contributed by atoms with Gasteiger partial charge < -0.3 is 14.7 Å². The molecule has 0 fully saturated rings. The number of nitrogens with zero attached hydrogens (tertiary/aromatic N) is 1. The van der Waals surface area contributed by atoms with Crippen LogP contribution in [0.3, 0.4) is 0 Å². The van der Waals surface area contributed by atoms with Crippen LogP contribution in [0.25, 0.3) is 0 Å². The van der Waals surface area contributed by atoms with Gasteiger partial charge in [0, 0.05) is 7.05 Å². The molecular weight excluding hydrogens is 206 g/mol. The molecule has 0 saturated carbocycles. The number of carbonyl (C=O) groups excluding carboxylic acids is 1. The summed E-state index contributed by atoms with van der Waals surface area (Å²) in [6, 6.07) is 5.33. The summed E-state index contributed by atoms with van der Waals surface area (Å²) < 4.78 is 5.64. The van der Waals surface area contributed by atoms with Crippen LogP contribution in [0.1, 0.15) is 19.4 Å². The van der Waals surface area contributed by atoms with Crippen LogP contribution >= 0.6 is 0 Å². The molecule has 4 heteroatoms. The van der Waals surface area contributed by atoms with Gasteiger partial charge in [-0.05, 0) is 31.5 Å². The van der Waals surface area contributed by atoms with Gasteiger partial charge in [0.1, 0.15) is 5.75 Å². The van der Waals surface area contributed by atoms with E-state index in [0.29, 0.717) is 5.75 Å². The van der Waals surface area contributed by atoms with Gasteiger partial charge in [-0.2, -0.15) is 0 Å². The Balaban J connectivity index is 2.51. The van der Waals surface area contributed by atoms with Gasteiger partial charge in [-0.15, -0.1) is 0 Å². The van der Waals surface area contributed by atoms with E-state index in [0.717, 1.165) is 11.3 Å². The number of ether oxygens (including phenoxy) is 1. The zero-order valence-electron chi connectivity index (χ0n) is 9.65. The molecule has 1 aliphatic rings. The molecule has 1 aromatic rings. The smallest absolute Gasteiger partial charge is 0.270 e. The third-order valence-electron chi connectivity index (χ3n) is 2.75. The van der Waals surface area contributed by atoms with Gasteiger partial charge in [-0.3, -0.25) is 4.79 Å². The Labute approximate surface area is 94.4 Å². The van der Waals surface area contributed by atoms with Crippen molar-refractivity contribution in [3.05, 3.63) is 23.8 Å². The first kappa shape index (κ1) is 11.0. The summed E-state index contributed by atoms with van der Waals surface area (Å²) in [6.07, 6.45) is 0. The van der Waals surface area contributed by atoms with E-state index in [2.05, 4.69) is 0 Å². The number of hydrogen-bond donors (Lipinski definition) is 1. The number of carbonyl (C=O) groups is 1. The SMILES string of the molecule is CN1C(=O)C(C)(C)Oc2cc(CO)ccc21. The van der Waals surface area contributed by atoms with Gasteiger partial charge >= 0.3 is 0 Å². The second kappa shape index (κ2) is 3.49. The van der Waals surface area contributed by atoms with E-state index in [-0.39, 0.29) is 12.5 Å². The predicted molar refractivity (Wildman–Crippen MR) is 60.5 cm³/mol. The Bertz CT molecular complexity index is 440. The highest BCUT2D eigenvalue weighted by atomic mass is 16.5. The Morgan fingerprint density at radius 1 is 1.44 bits per heavy atom. The number of likely N-dealkylation sites (N-methyl/N-ethyl adjacent to an activating group) is 1. The van der Waals surface area contributed by atoms with Gasteiger partial charge in [0.05, 0.1) is 12.3 Å². The van der Waals surface area contributed by atoms with Crippen molar-refractivity contribution in [3.63, 3.8) is 0 Å². The average Bonchev–Trinajstić information content (AvgIpc) is 2.25. The van der Waals surface area contributed by atoms with Crippen molar-refractivity contribution in [2.24, 2.45) is 0 Å². The van der Waals surface area contributed by atoms with Crippen LogP contribution in [0.2, 0.25) is 0 Å². The summed E-state index contributed by atoms with van der Waals surface area (Å²) in [5.41, 5.74) is 0.661. The van der Waals surface area contributed by atoms with E-state index in [4.69, 9.17) is 9.84 Å². The van der Waals surface area contributed by atoms with Crippen molar-refractivity contribution in [2.75, 3.05) is 11.9 Å². The van der Waals surface area contributed by atoms with Gasteiger partial charge in [-0.1, -0.05) is 6.07 Å². The maximum Gasteiger partial charge on any atom is 0.270 e. The Kier molecular flexibility index (Phi) is 2.39. The lowest BCUT2D eigenvalue weighted by Crippen LogP contribution is -2.50. The molecule has 0 radical (unpaired) electrons. The first-order valence-electron chi connectivity index (χ1n) is 5.16. The molecule has 0 unspecified atom stereocenters. The molecule has 86 valence electrons. The lowest BCUT2D eigenvalue weighted by atomic mass is 10.0. The van der Waals surface area contributed by atoms with Crippen LogP contribution in [-0.4, -0.2) is 23.7 Å². The summed E-state index contributed by atoms with van der Waals surface area (Å²) in [6.45, 7) is 3.44. The molecule has 2 rings (SSSR count). The van der Waals surface area contributed by atoms with E-state index in [1.54, 1.807) is 44.0 Å². The average molecular weight is 221 g/mol. The summed E-state index contributed by atoms with van der Waals surface area (Å²) in [7, 11) is 1.73. The first-order valence-corrected chi connectivity index (χ1v) is 5.16. The van der Waals surface area contributed by atoms with Crippen LogP contribution in [0.5, 0.6) is 5.75 Å². The van der Waals surface area contributed by atoms with E-state index >= 15 is 0 Å². The molecule has 0 spiro atoms. The minimum absolute atomic E-state index is 0.0330. The van der Waals surface area contributed by atoms with E-state index in [9.17, 15) is 4.79 Å². The van der Waals surface area contributed by atoms with E-state index in [1.165, 1.54) is 0 Å². The van der Waals surface area contributed by atoms with Crippen LogP contribution in [-0.2, 0) is 11.4 Å². The Morgan fingerprint density at radius 2 is 2.12 bits per heavy atom. The molecule has 1 aromatic carbocycles. The second-order valence-electron chi connectivity index (χ2n) is 4.44. The summed E-state index contributed by atoms with van der Waals surface area (Å²) in [4.78, 5) is 13.5. The zero-order valence-corrected chi connectivity index (χ0v) is 9.65. The van der Waals surface area contributed by atoms with Crippen LogP contribution in [0, 0.1) is 0 Å². The first-order chi connectivity index (χ1) is 7.45. The minimum Gasteiger partial charge on any atom is -0.476 e. The van der Waals surface area contributed by atoms with Gasteiger partial charge in [0.25, 0.3) is 5.91 Å². The molecule has 0 aromatic heterocycles. The molecular formula is C12H15NO3. The largest absolute Gasteiger partial charge is 0.476 e. The zero-order chi connectivity index (χ0) is 11.9. The number of benzene rings is 1. The maximum atomic E-state index is 11.9. The van der Waals surface area contributed by atoms with Gasteiger partial charge in [-0.25, -0.2) is 0 Å². The van der Waals surface area contributed by atoms with Crippen LogP contribution in [0.15, 0.2) is 18.2 Å². The highest BCUT2D eigenvalue weighted by Gasteiger charge is 2.39. The number of amides is 1. The molecule has 0 saturated heterocycles. The van der Waals surface area contributed by atoms with Gasteiger partial charge in [0.2, 0.25) is 0 Å². The fraction of sp³-hybridized carbons (Fsp3) is 0.417. The third kappa shape index (κ3) is 1.55. The quantitative estimate of drug-likeness (QED) is 0.778. The predicted octanol–water partition coefficient (Wildman–Crippen LogP) is 1.31. The summed E-state index contributed by atoms with van der Waals surface area (Å²) >= 11 is 0. The third-order valence-corrected chi connectivity index (χ3v) is 2.75. The highest BCUT2D eigenvalue weighted by Crippen LogP contribution is 2.37. The minimum atomic E-state index is -0.851. The molecule has 1 N–H and O–H groups in total. The van der Waals surface area contributed by atoms with E-state index in [1.807, 2.05) is 0 Å². The topological polar surface area (TPSA) is 49.8 Å². The van der Waals surface area contributed by atoms with Crippen molar-refractivity contribution >= 4 is 11.6 Å². The molecule has 1 aliphatic heterocycles. The molecule has 1 amide bonds. The van der Waals surface area contributed by atoms with Crippen molar-refractivity contribution in [2.45, 2.75) is 26.1 Å². The molecule has 0 atom stereocenters. The monoisotopic (exact) mass is 221 g/mol. The Hall–Kier alpha value is -1.55. The highest BCUT2D eigenvalue weighted by molar-refractivity contribution is 6.01. The molecule has 16 heavy (non-hydrogen) atoms. The molecule has 0 bridgehead atoms. The number of fused-ring (bicyclic) bond motifs is 1. The van der Waals surface area contributed by atoms with E-state index < -0.39 is 5.60 Å². The standard InChI is InChI=1S/C12H15NO3/c1-12(2)11(15)13(3)9-5-4-8(7-14)6-10(9)16-12/h4-6,14H,7H2,1-3H3. The molecule has 1 heterocycles. The maximum absolute atomic E-state index is 11.9. The van der Waals surface area contributed by atoms with Crippen molar-refractivity contribution < 1.29 is 14.6 Å².